The van der Waals surface area contributed by atoms with Crippen molar-refractivity contribution in [1.82, 2.24) is 5.32 Å². The van der Waals surface area contributed by atoms with Crippen molar-refractivity contribution in [3.63, 3.8) is 0 Å². The third-order valence-corrected chi connectivity index (χ3v) is 3.62. The molecule has 0 aromatic heterocycles. The Kier molecular flexibility index (Phi) is 5.23. The van der Waals surface area contributed by atoms with Crippen LogP contribution in [0, 0.1) is 6.92 Å². The van der Waals surface area contributed by atoms with Crippen LogP contribution < -0.4 is 10.2 Å². The Labute approximate surface area is 116 Å². The van der Waals surface area contributed by atoms with E-state index < -0.39 is 0 Å². The summed E-state index contributed by atoms with van der Waals surface area (Å²) in [7, 11) is 2.13. The van der Waals surface area contributed by atoms with E-state index >= 15 is 0 Å². The molecule has 1 saturated carbocycles. The van der Waals surface area contributed by atoms with Gasteiger partial charge in [0.1, 0.15) is 0 Å². The molecule has 1 aliphatic carbocycles. The number of nitrogens with one attached hydrogen (secondary N) is 1. The third-order valence-electron chi connectivity index (χ3n) is 3.62. The first-order chi connectivity index (χ1) is 9.20. The van der Waals surface area contributed by atoms with Gasteiger partial charge in [0.2, 0.25) is 0 Å². The van der Waals surface area contributed by atoms with Gasteiger partial charge >= 0.3 is 0 Å². The Balaban J connectivity index is 1.89. The maximum atomic E-state index is 5.41. The molecular weight excluding hydrogens is 236 g/mol. The molecule has 3 heteroatoms. The van der Waals surface area contributed by atoms with Crippen molar-refractivity contribution >= 4 is 5.69 Å². The van der Waals surface area contributed by atoms with Crippen molar-refractivity contribution in [2.75, 3.05) is 31.7 Å². The zero-order valence-corrected chi connectivity index (χ0v) is 12.4. The molecule has 0 unspecified atom stereocenters. The lowest BCUT2D eigenvalue weighted by Gasteiger charge is -2.22. The van der Waals surface area contributed by atoms with E-state index in [4.69, 9.17) is 4.74 Å². The summed E-state index contributed by atoms with van der Waals surface area (Å²) in [5.41, 5.74) is 4.02. The highest BCUT2D eigenvalue weighted by Crippen LogP contribution is 2.22. The van der Waals surface area contributed by atoms with Crippen LogP contribution in [-0.2, 0) is 11.3 Å². The van der Waals surface area contributed by atoms with Crippen LogP contribution in [-0.4, -0.2) is 32.8 Å². The minimum absolute atomic E-state index is 0.772. The van der Waals surface area contributed by atoms with Gasteiger partial charge in [0, 0.05) is 38.5 Å². The third kappa shape index (κ3) is 4.51. The molecular formula is C16H26N2O. The van der Waals surface area contributed by atoms with Gasteiger partial charge in [-0.05, 0) is 43.9 Å². The molecule has 19 heavy (non-hydrogen) atoms. The molecule has 0 atom stereocenters. The largest absolute Gasteiger partial charge is 0.380 e. The molecule has 0 amide bonds. The molecule has 1 aliphatic rings. The highest BCUT2D eigenvalue weighted by molar-refractivity contribution is 5.53. The molecule has 0 aliphatic heterocycles. The smallest absolute Gasteiger partial charge is 0.0641 e. The van der Waals surface area contributed by atoms with Crippen LogP contribution >= 0.6 is 0 Å². The maximum absolute atomic E-state index is 5.41. The highest BCUT2D eigenvalue weighted by Gasteiger charge is 2.19. The second-order valence-electron chi connectivity index (χ2n) is 5.39. The quantitative estimate of drug-likeness (QED) is 0.729. The average Bonchev–Trinajstić information content (AvgIpc) is 3.20. The van der Waals surface area contributed by atoms with Crippen LogP contribution in [0.4, 0.5) is 5.69 Å². The van der Waals surface area contributed by atoms with Crippen LogP contribution in [0.1, 0.15) is 30.9 Å². The van der Waals surface area contributed by atoms with Crippen molar-refractivity contribution in [2.24, 2.45) is 0 Å². The van der Waals surface area contributed by atoms with E-state index in [1.165, 1.54) is 29.7 Å². The molecule has 1 aromatic carbocycles. The van der Waals surface area contributed by atoms with Crippen molar-refractivity contribution in [2.45, 2.75) is 39.3 Å². The van der Waals surface area contributed by atoms with Gasteiger partial charge in [0.05, 0.1) is 6.61 Å². The number of anilines is 1. The first kappa shape index (κ1) is 14.4. The number of rotatable bonds is 8. The van der Waals surface area contributed by atoms with E-state index in [2.05, 4.69) is 42.4 Å². The Bertz CT molecular complexity index is 402. The normalized spacial score (nSPS) is 14.7. The summed E-state index contributed by atoms with van der Waals surface area (Å²) in [5, 5.41) is 3.56. The summed E-state index contributed by atoms with van der Waals surface area (Å²) in [4.78, 5) is 2.27. The van der Waals surface area contributed by atoms with Crippen molar-refractivity contribution < 1.29 is 4.74 Å². The van der Waals surface area contributed by atoms with Crippen molar-refractivity contribution in [3.05, 3.63) is 29.3 Å². The second-order valence-corrected chi connectivity index (χ2v) is 5.39. The lowest BCUT2D eigenvalue weighted by atomic mass is 10.1. The summed E-state index contributed by atoms with van der Waals surface area (Å²) in [5.74, 6) is 0. The molecule has 0 bridgehead atoms. The lowest BCUT2D eigenvalue weighted by Crippen LogP contribution is -2.23. The van der Waals surface area contributed by atoms with Gasteiger partial charge in [-0.2, -0.15) is 0 Å². The van der Waals surface area contributed by atoms with Crippen molar-refractivity contribution in [1.29, 1.82) is 0 Å². The predicted octanol–water partition coefficient (Wildman–Crippen LogP) is 2.72. The van der Waals surface area contributed by atoms with Crippen LogP contribution in [0.15, 0.2) is 18.2 Å². The molecule has 0 saturated heterocycles. The van der Waals surface area contributed by atoms with E-state index in [0.29, 0.717) is 0 Å². The summed E-state index contributed by atoms with van der Waals surface area (Å²) in [6, 6.07) is 7.52. The van der Waals surface area contributed by atoms with E-state index in [9.17, 15) is 0 Å². The molecule has 2 rings (SSSR count). The van der Waals surface area contributed by atoms with E-state index in [-0.39, 0.29) is 0 Å². The number of likely N-dealkylation sites (N-methyl/N-ethyl adjacent to an activating group) is 1. The topological polar surface area (TPSA) is 24.5 Å². The van der Waals surface area contributed by atoms with Gasteiger partial charge in [-0.15, -0.1) is 0 Å². The first-order valence-electron chi connectivity index (χ1n) is 7.32. The fourth-order valence-corrected chi connectivity index (χ4v) is 2.27. The summed E-state index contributed by atoms with van der Waals surface area (Å²) >= 11 is 0. The molecule has 0 radical (unpaired) electrons. The first-order valence-corrected chi connectivity index (χ1v) is 7.32. The van der Waals surface area contributed by atoms with E-state index in [1.807, 2.05) is 6.92 Å². The van der Waals surface area contributed by atoms with Gasteiger partial charge in [-0.25, -0.2) is 0 Å². The number of hydrogen-bond donors (Lipinski definition) is 1. The SMILES string of the molecule is CCOCCN(C)c1ccc(CNC2CC2)cc1C. The summed E-state index contributed by atoms with van der Waals surface area (Å²) in [6.07, 6.45) is 2.69. The van der Waals surface area contributed by atoms with Gasteiger partial charge in [-0.3, -0.25) is 0 Å². The zero-order chi connectivity index (χ0) is 13.7. The molecule has 0 spiro atoms. The maximum Gasteiger partial charge on any atom is 0.0641 e. The van der Waals surface area contributed by atoms with Gasteiger partial charge in [0.25, 0.3) is 0 Å². The van der Waals surface area contributed by atoms with Crippen molar-refractivity contribution in [3.8, 4) is 0 Å². The number of nitrogens with zero attached hydrogens (tertiary/aromatic N) is 1. The minimum atomic E-state index is 0.772. The van der Waals surface area contributed by atoms with E-state index in [0.717, 1.165) is 32.3 Å². The number of aryl methyl sites for hydroxylation is 1. The molecule has 1 fully saturated rings. The second kappa shape index (κ2) is 6.92. The lowest BCUT2D eigenvalue weighted by molar-refractivity contribution is 0.154. The Morgan fingerprint density at radius 1 is 1.37 bits per heavy atom. The van der Waals surface area contributed by atoms with Crippen LogP contribution in [0.2, 0.25) is 0 Å². The molecule has 0 heterocycles. The molecule has 1 aromatic rings. The number of benzene rings is 1. The number of ether oxygens (including phenoxy) is 1. The van der Waals surface area contributed by atoms with Gasteiger partial charge < -0.3 is 15.0 Å². The van der Waals surface area contributed by atoms with Crippen LogP contribution in [0.3, 0.4) is 0 Å². The Hall–Kier alpha value is -1.06. The summed E-state index contributed by atoms with van der Waals surface area (Å²) < 4.78 is 5.41. The predicted molar refractivity (Wildman–Crippen MR) is 80.8 cm³/mol. The Morgan fingerprint density at radius 2 is 2.16 bits per heavy atom. The van der Waals surface area contributed by atoms with Crippen LogP contribution in [0.5, 0.6) is 0 Å². The highest BCUT2D eigenvalue weighted by atomic mass is 16.5. The van der Waals surface area contributed by atoms with Gasteiger partial charge in [-0.1, -0.05) is 12.1 Å². The summed E-state index contributed by atoms with van der Waals surface area (Å²) in [6.45, 7) is 7.73. The monoisotopic (exact) mass is 262 g/mol. The fourth-order valence-electron chi connectivity index (χ4n) is 2.27. The molecule has 106 valence electrons. The van der Waals surface area contributed by atoms with E-state index in [1.54, 1.807) is 0 Å². The Morgan fingerprint density at radius 3 is 2.79 bits per heavy atom. The number of hydrogen-bond acceptors (Lipinski definition) is 3. The van der Waals surface area contributed by atoms with Crippen LogP contribution in [0.25, 0.3) is 0 Å². The zero-order valence-electron chi connectivity index (χ0n) is 12.4. The molecule has 1 N–H and O–H groups in total. The minimum Gasteiger partial charge on any atom is -0.380 e. The standard InChI is InChI=1S/C16H26N2O/c1-4-19-10-9-18(3)16-8-5-14(11-13(16)2)12-17-15-6-7-15/h5,8,11,15,17H,4,6-7,9-10,12H2,1-3H3. The molecule has 3 nitrogen and oxygen atoms in total. The average molecular weight is 262 g/mol. The van der Waals surface area contributed by atoms with Gasteiger partial charge in [0.15, 0.2) is 0 Å². The fraction of sp³-hybridized carbons (Fsp3) is 0.625.